The zero-order valence-electron chi connectivity index (χ0n) is 20.9. The van der Waals surface area contributed by atoms with E-state index >= 15 is 0 Å². The molecule has 0 saturated carbocycles. The van der Waals surface area contributed by atoms with Crippen LogP contribution in [0, 0.1) is 10.1 Å². The van der Waals surface area contributed by atoms with Crippen molar-refractivity contribution >= 4 is 39.7 Å². The lowest BCUT2D eigenvalue weighted by Crippen LogP contribution is -2.20. The zero-order chi connectivity index (χ0) is 27.7. The van der Waals surface area contributed by atoms with Crippen LogP contribution >= 0.6 is 0 Å². The van der Waals surface area contributed by atoms with Gasteiger partial charge in [0.2, 0.25) is 11.6 Å². The van der Waals surface area contributed by atoms with Crippen LogP contribution in [0.25, 0.3) is 33.5 Å². The fraction of sp³-hybridized carbons (Fsp3) is 0.111. The van der Waals surface area contributed by atoms with Crippen LogP contribution in [0.4, 0.5) is 5.69 Å². The van der Waals surface area contributed by atoms with Gasteiger partial charge in [-0.2, -0.15) is 9.78 Å². The van der Waals surface area contributed by atoms with E-state index in [-0.39, 0.29) is 28.6 Å². The van der Waals surface area contributed by atoms with Crippen LogP contribution in [0.5, 0.6) is 17.2 Å². The first-order valence-electron chi connectivity index (χ1n) is 11.5. The summed E-state index contributed by atoms with van der Waals surface area (Å²) in [5.74, 6) is -0.218. The van der Waals surface area contributed by atoms with E-state index in [2.05, 4.69) is 10.1 Å². The van der Waals surface area contributed by atoms with Crippen molar-refractivity contribution in [1.29, 1.82) is 0 Å². The summed E-state index contributed by atoms with van der Waals surface area (Å²) >= 11 is 0. The first kappa shape index (κ1) is 25.1. The van der Waals surface area contributed by atoms with Gasteiger partial charge in [0.05, 0.1) is 41.6 Å². The van der Waals surface area contributed by atoms with Crippen LogP contribution in [-0.4, -0.2) is 41.0 Å². The molecule has 5 rings (SSSR count). The average Bonchev–Trinajstić information content (AvgIpc) is 3.37. The summed E-state index contributed by atoms with van der Waals surface area (Å²) in [4.78, 5) is 40.6. The Kier molecular flexibility index (Phi) is 6.51. The highest BCUT2D eigenvalue weighted by molar-refractivity contribution is 5.89. The summed E-state index contributed by atoms with van der Waals surface area (Å²) < 4.78 is 22.7. The molecule has 12 heteroatoms. The number of para-hydroxylation sites is 1. The molecule has 3 aromatic carbocycles. The summed E-state index contributed by atoms with van der Waals surface area (Å²) in [7, 11) is 2.81. The molecule has 0 aliphatic carbocycles. The summed E-state index contributed by atoms with van der Waals surface area (Å²) in [5.41, 5.74) is 0.145. The number of aromatic nitrogens is 2. The highest BCUT2D eigenvalue weighted by atomic mass is 16.6. The minimum atomic E-state index is -0.751. The number of rotatable bonds is 7. The van der Waals surface area contributed by atoms with Gasteiger partial charge in [-0.1, -0.05) is 18.2 Å². The van der Waals surface area contributed by atoms with Crippen LogP contribution in [0.2, 0.25) is 0 Å². The first-order valence-corrected chi connectivity index (χ1v) is 11.5. The minimum absolute atomic E-state index is 0.0607. The number of nitro groups is 1. The van der Waals surface area contributed by atoms with E-state index in [0.717, 1.165) is 17.7 Å². The van der Waals surface area contributed by atoms with Gasteiger partial charge in [0, 0.05) is 18.6 Å². The minimum Gasteiger partial charge on any atom is -0.496 e. The predicted molar refractivity (Wildman–Crippen MR) is 142 cm³/mol. The SMILES string of the molecule is COc1cc(C=Nn2c(-c3cc4c(OC)cccc4o3)nc3ccccc3c2=O)cc([N+](=O)[O-])c1OC(C)=O. The highest BCUT2D eigenvalue weighted by Crippen LogP contribution is 2.38. The van der Waals surface area contributed by atoms with E-state index in [1.807, 2.05) is 0 Å². The molecule has 196 valence electrons. The van der Waals surface area contributed by atoms with Gasteiger partial charge in [-0.15, -0.1) is 0 Å². The van der Waals surface area contributed by atoms with Gasteiger partial charge in [0.25, 0.3) is 5.56 Å². The van der Waals surface area contributed by atoms with Gasteiger partial charge in [-0.3, -0.25) is 19.7 Å². The standard InChI is InChI=1S/C27H20N4O8/c1-15(32)38-25-20(31(34)35)11-16(12-23(25)37-3)14-28-30-26(29-19-8-5-4-7-17(19)27(30)33)24-13-18-21(36-2)9-6-10-22(18)39-24/h4-14H,1-3H3. The molecule has 0 saturated heterocycles. The molecule has 0 radical (unpaired) electrons. The van der Waals surface area contributed by atoms with Crippen molar-refractivity contribution < 1.29 is 28.3 Å². The smallest absolute Gasteiger partial charge is 0.316 e. The lowest BCUT2D eigenvalue weighted by molar-refractivity contribution is -0.385. The van der Waals surface area contributed by atoms with Crippen molar-refractivity contribution in [2.45, 2.75) is 6.92 Å². The molecule has 0 amide bonds. The zero-order valence-corrected chi connectivity index (χ0v) is 20.9. The Morgan fingerprint density at radius 2 is 1.82 bits per heavy atom. The van der Waals surface area contributed by atoms with Gasteiger partial charge < -0.3 is 18.6 Å². The fourth-order valence-electron chi connectivity index (χ4n) is 4.05. The van der Waals surface area contributed by atoms with Gasteiger partial charge in [-0.25, -0.2) is 4.98 Å². The molecule has 12 nitrogen and oxygen atoms in total. The number of methoxy groups -OCH3 is 2. The number of ether oxygens (including phenoxy) is 3. The molecular formula is C27H20N4O8. The first-order chi connectivity index (χ1) is 18.8. The Bertz CT molecular complexity index is 1850. The van der Waals surface area contributed by atoms with Crippen LogP contribution < -0.4 is 19.8 Å². The summed E-state index contributed by atoms with van der Waals surface area (Å²) in [6.07, 6.45) is 1.23. The van der Waals surface area contributed by atoms with E-state index in [9.17, 15) is 19.7 Å². The Morgan fingerprint density at radius 1 is 1.05 bits per heavy atom. The number of carbonyl (C=O) groups is 1. The Hall–Kier alpha value is -5.52. The van der Waals surface area contributed by atoms with Crippen LogP contribution in [0.3, 0.4) is 0 Å². The number of benzene rings is 3. The van der Waals surface area contributed by atoms with Gasteiger partial charge in [0.1, 0.15) is 11.3 Å². The summed E-state index contributed by atoms with van der Waals surface area (Å²) in [6, 6.07) is 16.3. The molecule has 2 heterocycles. The predicted octanol–water partition coefficient (Wildman–Crippen LogP) is 4.54. The molecule has 0 N–H and O–H groups in total. The summed E-state index contributed by atoms with van der Waals surface area (Å²) in [5, 5.41) is 17.0. The largest absolute Gasteiger partial charge is 0.496 e. The number of esters is 1. The Labute approximate surface area is 219 Å². The van der Waals surface area contributed by atoms with Crippen LogP contribution in [0.15, 0.2) is 75.0 Å². The van der Waals surface area contributed by atoms with Gasteiger partial charge >= 0.3 is 11.7 Å². The molecule has 0 aliphatic heterocycles. The van der Waals surface area contributed by atoms with E-state index in [4.69, 9.17) is 18.6 Å². The Morgan fingerprint density at radius 3 is 2.54 bits per heavy atom. The highest BCUT2D eigenvalue weighted by Gasteiger charge is 2.24. The molecule has 0 spiro atoms. The number of nitro benzene ring substituents is 1. The number of carbonyl (C=O) groups excluding carboxylic acids is 1. The van der Waals surface area contributed by atoms with E-state index in [1.54, 1.807) is 48.5 Å². The third kappa shape index (κ3) is 4.66. The molecule has 0 bridgehead atoms. The molecule has 0 fully saturated rings. The van der Waals surface area contributed by atoms with E-state index < -0.39 is 22.1 Å². The molecular weight excluding hydrogens is 508 g/mol. The lowest BCUT2D eigenvalue weighted by atomic mass is 10.2. The quantitative estimate of drug-likeness (QED) is 0.0975. The maximum absolute atomic E-state index is 13.5. The van der Waals surface area contributed by atoms with Gasteiger partial charge in [-0.05, 0) is 36.4 Å². The van der Waals surface area contributed by atoms with E-state index in [1.165, 1.54) is 26.5 Å². The number of fused-ring (bicyclic) bond motifs is 2. The number of nitrogens with zero attached hydrogens (tertiary/aromatic N) is 4. The molecule has 39 heavy (non-hydrogen) atoms. The number of furan rings is 1. The topological polar surface area (TPSA) is 148 Å². The van der Waals surface area contributed by atoms with Crippen LogP contribution in [0.1, 0.15) is 12.5 Å². The normalized spacial score (nSPS) is 11.3. The molecule has 0 unspecified atom stereocenters. The third-order valence-corrected chi connectivity index (χ3v) is 5.76. The van der Waals surface area contributed by atoms with Crippen LogP contribution in [-0.2, 0) is 4.79 Å². The second-order valence-electron chi connectivity index (χ2n) is 8.22. The second-order valence-corrected chi connectivity index (χ2v) is 8.22. The lowest BCUT2D eigenvalue weighted by Gasteiger charge is -2.10. The number of hydrogen-bond donors (Lipinski definition) is 0. The average molecular weight is 528 g/mol. The van der Waals surface area contributed by atoms with Crippen molar-refractivity contribution in [1.82, 2.24) is 9.66 Å². The monoisotopic (exact) mass is 528 g/mol. The third-order valence-electron chi connectivity index (χ3n) is 5.76. The van der Waals surface area contributed by atoms with Crippen molar-refractivity contribution in [3.8, 4) is 28.8 Å². The molecule has 2 aromatic heterocycles. The van der Waals surface area contributed by atoms with E-state index in [0.29, 0.717) is 27.6 Å². The fourth-order valence-corrected chi connectivity index (χ4v) is 4.05. The number of hydrogen-bond acceptors (Lipinski definition) is 10. The second kappa shape index (κ2) is 10.1. The summed E-state index contributed by atoms with van der Waals surface area (Å²) in [6.45, 7) is 1.12. The van der Waals surface area contributed by atoms with Crippen molar-refractivity contribution in [3.63, 3.8) is 0 Å². The maximum atomic E-state index is 13.5. The molecule has 5 aromatic rings. The van der Waals surface area contributed by atoms with Gasteiger partial charge in [0.15, 0.2) is 11.5 Å². The molecule has 0 aliphatic rings. The van der Waals surface area contributed by atoms with Crippen molar-refractivity contribution in [3.05, 3.63) is 86.7 Å². The van der Waals surface area contributed by atoms with Crippen molar-refractivity contribution in [2.24, 2.45) is 5.10 Å². The Balaban J connectivity index is 1.70. The van der Waals surface area contributed by atoms with Crippen molar-refractivity contribution in [2.75, 3.05) is 14.2 Å². The molecule has 0 atom stereocenters. The maximum Gasteiger partial charge on any atom is 0.316 e.